The molecular weight excluding hydrogens is 340 g/mol. The van der Waals surface area contributed by atoms with E-state index in [9.17, 15) is 4.79 Å². The standard InChI is InChI=1S/C8H10.C7H16.C6H12O.C6H14/c1-2-8-6-4-3-5-7-8;1-5-7(4)6(2)3;1-5(2)4-6(3)7;1-5(2)6(3)4/h3-7H,2H2,1H3;6-7H,5H2,1-4H3;5H,4H2,1-3H3;5-6H,1-4H3. The number of hydrogen-bond acceptors (Lipinski definition) is 1. The molecule has 0 heterocycles. The predicted molar refractivity (Wildman–Crippen MR) is 130 cm³/mol. The molecule has 1 unspecified atom stereocenters. The number of carbonyl (C=O) groups is 1. The molecule has 1 heteroatoms. The minimum Gasteiger partial charge on any atom is -0.300 e. The van der Waals surface area contributed by atoms with Gasteiger partial charge in [0.2, 0.25) is 0 Å². The number of benzene rings is 1. The number of Topliss-reactive ketones (excluding diaryl/α,β-unsaturated/α-hetero) is 1. The van der Waals surface area contributed by atoms with Gasteiger partial charge in [0.25, 0.3) is 0 Å². The third-order valence-corrected chi connectivity index (χ3v) is 5.06. The van der Waals surface area contributed by atoms with Crippen LogP contribution >= 0.6 is 0 Å². The summed E-state index contributed by atoms with van der Waals surface area (Å²) in [6, 6.07) is 10.5. The Morgan fingerprint density at radius 1 is 0.750 bits per heavy atom. The Labute approximate surface area is 178 Å². The van der Waals surface area contributed by atoms with Crippen LogP contribution in [0.2, 0.25) is 0 Å². The summed E-state index contributed by atoms with van der Waals surface area (Å²) in [4.78, 5) is 10.3. The number of aryl methyl sites for hydroxylation is 1. The van der Waals surface area contributed by atoms with Crippen molar-refractivity contribution in [2.45, 2.75) is 102 Å². The zero-order valence-corrected chi connectivity index (χ0v) is 21.3. The van der Waals surface area contributed by atoms with Gasteiger partial charge in [-0.3, -0.25) is 0 Å². The Morgan fingerprint density at radius 3 is 1.29 bits per heavy atom. The number of carbonyl (C=O) groups excluding carboxylic acids is 1. The second-order valence-corrected chi connectivity index (χ2v) is 9.26. The van der Waals surface area contributed by atoms with Crippen molar-refractivity contribution in [2.24, 2.45) is 29.6 Å². The SMILES string of the molecule is CC(=O)CC(C)C.CC(C)C(C)C.CCC(C)C(C)C.CCc1ccccc1. The molecule has 0 aromatic heterocycles. The van der Waals surface area contributed by atoms with E-state index in [2.05, 4.69) is 86.6 Å². The van der Waals surface area contributed by atoms with Gasteiger partial charge < -0.3 is 4.79 Å². The van der Waals surface area contributed by atoms with Crippen molar-refractivity contribution in [1.29, 1.82) is 0 Å². The first-order chi connectivity index (χ1) is 12.9. The van der Waals surface area contributed by atoms with Gasteiger partial charge in [0, 0.05) is 6.42 Å². The second-order valence-electron chi connectivity index (χ2n) is 9.26. The van der Waals surface area contributed by atoms with E-state index in [1.807, 2.05) is 19.9 Å². The molecule has 0 saturated carbocycles. The maximum atomic E-state index is 10.3. The lowest BCUT2D eigenvalue weighted by Gasteiger charge is -2.10. The van der Waals surface area contributed by atoms with Gasteiger partial charge in [-0.05, 0) is 48.5 Å². The minimum absolute atomic E-state index is 0.287. The number of rotatable bonds is 6. The monoisotopic (exact) mass is 392 g/mol. The van der Waals surface area contributed by atoms with E-state index in [1.54, 1.807) is 6.92 Å². The van der Waals surface area contributed by atoms with Gasteiger partial charge in [-0.15, -0.1) is 0 Å². The van der Waals surface area contributed by atoms with Crippen LogP contribution in [0.4, 0.5) is 0 Å². The van der Waals surface area contributed by atoms with Gasteiger partial charge in [-0.2, -0.15) is 0 Å². The van der Waals surface area contributed by atoms with Crippen LogP contribution in [-0.2, 0) is 11.2 Å². The van der Waals surface area contributed by atoms with Crippen molar-refractivity contribution in [3.05, 3.63) is 35.9 Å². The highest BCUT2D eigenvalue weighted by atomic mass is 16.1. The van der Waals surface area contributed by atoms with E-state index < -0.39 is 0 Å². The lowest BCUT2D eigenvalue weighted by atomic mass is 9.96. The molecule has 0 saturated heterocycles. The van der Waals surface area contributed by atoms with E-state index in [4.69, 9.17) is 0 Å². The number of ketones is 1. The van der Waals surface area contributed by atoms with Gasteiger partial charge in [0.15, 0.2) is 0 Å². The van der Waals surface area contributed by atoms with E-state index in [1.165, 1.54) is 12.0 Å². The van der Waals surface area contributed by atoms with Crippen molar-refractivity contribution in [1.82, 2.24) is 0 Å². The fourth-order valence-corrected chi connectivity index (χ4v) is 1.76. The lowest BCUT2D eigenvalue weighted by Crippen LogP contribution is -2.00. The number of hydrogen-bond donors (Lipinski definition) is 0. The van der Waals surface area contributed by atoms with Crippen molar-refractivity contribution < 1.29 is 4.79 Å². The Kier molecular flexibility index (Phi) is 23.3. The fourth-order valence-electron chi connectivity index (χ4n) is 1.76. The summed E-state index contributed by atoms with van der Waals surface area (Å²) in [7, 11) is 0. The van der Waals surface area contributed by atoms with Crippen LogP contribution in [0.5, 0.6) is 0 Å². The van der Waals surface area contributed by atoms with Gasteiger partial charge >= 0.3 is 0 Å². The molecule has 1 rings (SSSR count). The topological polar surface area (TPSA) is 17.1 Å². The molecule has 0 spiro atoms. The third-order valence-electron chi connectivity index (χ3n) is 5.06. The predicted octanol–water partition coefficient (Wildman–Crippen LogP) is 8.86. The Hall–Kier alpha value is -1.11. The van der Waals surface area contributed by atoms with Gasteiger partial charge in [-0.1, -0.05) is 113 Å². The first-order valence-electron chi connectivity index (χ1n) is 11.4. The molecule has 0 N–H and O–H groups in total. The summed E-state index contributed by atoms with van der Waals surface area (Å²) in [6.07, 6.45) is 3.18. The Morgan fingerprint density at radius 2 is 1.18 bits per heavy atom. The zero-order valence-electron chi connectivity index (χ0n) is 21.3. The van der Waals surface area contributed by atoms with Gasteiger partial charge in [-0.25, -0.2) is 0 Å². The summed E-state index contributed by atoms with van der Waals surface area (Å²) >= 11 is 0. The molecule has 0 aliphatic rings. The fraction of sp³-hybridized carbons (Fsp3) is 0.741. The molecular formula is C27H52O. The molecule has 166 valence electrons. The highest BCUT2D eigenvalue weighted by Crippen LogP contribution is 2.11. The molecule has 1 aromatic rings. The molecule has 0 aliphatic heterocycles. The summed E-state index contributed by atoms with van der Waals surface area (Å²) in [6.45, 7) is 25.9. The highest BCUT2D eigenvalue weighted by molar-refractivity contribution is 5.75. The van der Waals surface area contributed by atoms with Crippen LogP contribution in [0, 0.1) is 29.6 Å². The second kappa shape index (κ2) is 20.6. The average Bonchev–Trinajstić information content (AvgIpc) is 2.61. The van der Waals surface area contributed by atoms with Crippen molar-refractivity contribution in [3.63, 3.8) is 0 Å². The Bertz CT molecular complexity index is 423. The third kappa shape index (κ3) is 27.1. The molecule has 1 aromatic carbocycles. The van der Waals surface area contributed by atoms with E-state index in [0.29, 0.717) is 5.92 Å². The normalized spacial score (nSPS) is 11.1. The van der Waals surface area contributed by atoms with Crippen LogP contribution in [0.15, 0.2) is 30.3 Å². The molecule has 28 heavy (non-hydrogen) atoms. The van der Waals surface area contributed by atoms with E-state index in [0.717, 1.165) is 36.5 Å². The summed E-state index contributed by atoms with van der Waals surface area (Å²) in [5.41, 5.74) is 1.41. The average molecular weight is 393 g/mol. The smallest absolute Gasteiger partial charge is 0.130 e. The first kappa shape index (κ1) is 31.6. The highest BCUT2D eigenvalue weighted by Gasteiger charge is 2.01. The quantitative estimate of drug-likeness (QED) is 0.472. The van der Waals surface area contributed by atoms with E-state index >= 15 is 0 Å². The molecule has 0 aliphatic carbocycles. The minimum atomic E-state index is 0.287. The van der Waals surface area contributed by atoms with Crippen LogP contribution < -0.4 is 0 Å². The van der Waals surface area contributed by atoms with Crippen molar-refractivity contribution in [3.8, 4) is 0 Å². The first-order valence-corrected chi connectivity index (χ1v) is 11.4. The molecule has 1 nitrogen and oxygen atoms in total. The van der Waals surface area contributed by atoms with Crippen LogP contribution in [-0.4, -0.2) is 5.78 Å². The maximum absolute atomic E-state index is 10.3. The largest absolute Gasteiger partial charge is 0.300 e. The lowest BCUT2D eigenvalue weighted by molar-refractivity contribution is -0.117. The van der Waals surface area contributed by atoms with Crippen molar-refractivity contribution >= 4 is 5.78 Å². The van der Waals surface area contributed by atoms with E-state index in [-0.39, 0.29) is 5.78 Å². The summed E-state index contributed by atoms with van der Waals surface area (Å²) in [5.74, 6) is 4.28. The summed E-state index contributed by atoms with van der Waals surface area (Å²) < 4.78 is 0. The molecule has 0 radical (unpaired) electrons. The van der Waals surface area contributed by atoms with Crippen LogP contribution in [0.25, 0.3) is 0 Å². The van der Waals surface area contributed by atoms with Crippen LogP contribution in [0.1, 0.15) is 101 Å². The van der Waals surface area contributed by atoms with Crippen LogP contribution in [0.3, 0.4) is 0 Å². The Balaban J connectivity index is -0.000000300. The maximum Gasteiger partial charge on any atom is 0.130 e. The van der Waals surface area contributed by atoms with Gasteiger partial charge in [0.05, 0.1) is 0 Å². The molecule has 0 fully saturated rings. The zero-order chi connectivity index (χ0) is 22.7. The molecule has 0 amide bonds. The van der Waals surface area contributed by atoms with Gasteiger partial charge in [0.1, 0.15) is 5.78 Å². The summed E-state index contributed by atoms with van der Waals surface area (Å²) in [5, 5.41) is 0. The molecule has 0 bridgehead atoms. The van der Waals surface area contributed by atoms with Crippen molar-refractivity contribution in [2.75, 3.05) is 0 Å². The molecule has 1 atom stereocenters.